The summed E-state index contributed by atoms with van der Waals surface area (Å²) >= 11 is 6.15. The average Bonchev–Trinajstić information content (AvgIpc) is 3.33. The third-order valence-electron chi connectivity index (χ3n) is 8.09. The fourth-order valence-electron chi connectivity index (χ4n) is 6.01. The van der Waals surface area contributed by atoms with Gasteiger partial charge in [0.25, 0.3) is 0 Å². The lowest BCUT2D eigenvalue weighted by Crippen LogP contribution is -2.58. The maximum atomic E-state index is 13.4. The zero-order valence-corrected chi connectivity index (χ0v) is 21.2. The summed E-state index contributed by atoms with van der Waals surface area (Å²) in [6.07, 6.45) is 9.66. The molecule has 3 saturated heterocycles. The maximum Gasteiger partial charge on any atom is 0.230 e. The number of nitrogens with one attached hydrogen (secondary N) is 1. The molecule has 1 spiro atoms. The van der Waals surface area contributed by atoms with E-state index in [0.29, 0.717) is 11.5 Å². The summed E-state index contributed by atoms with van der Waals surface area (Å²) < 4.78 is 19.4. The van der Waals surface area contributed by atoms with E-state index in [9.17, 15) is 9.18 Å². The van der Waals surface area contributed by atoms with Crippen molar-refractivity contribution in [1.29, 1.82) is 0 Å². The van der Waals surface area contributed by atoms with Crippen molar-refractivity contribution in [2.24, 2.45) is 16.7 Å². The van der Waals surface area contributed by atoms with Crippen molar-refractivity contribution in [1.82, 2.24) is 20.2 Å². The summed E-state index contributed by atoms with van der Waals surface area (Å²) in [5.41, 5.74) is 2.25. The lowest BCUT2D eigenvalue weighted by molar-refractivity contribution is -0.127. The Bertz CT molecular complexity index is 1290. The largest absolute Gasteiger partial charge is 0.450 e. The van der Waals surface area contributed by atoms with Crippen molar-refractivity contribution >= 4 is 23.3 Å². The molecule has 6 rings (SSSR count). The molecule has 1 unspecified atom stereocenters. The molecule has 0 saturated carbocycles. The standard InChI is InChI=1S/C27H29ClFN5O2/c1-26(2)19-5-3-17(9-21(19)32-25(26)35)12-33-8-7-27(13-33)14-34(15-27)24-23(11-30-16-31-24)36-22-6-4-18(29)10-20(22)28/h3-4,6,9-11,16,19H,5,7-8,12-15H2,1-2H3,(H,32,35). The van der Waals surface area contributed by atoms with Crippen LogP contribution < -0.4 is 15.0 Å². The molecule has 3 aliphatic heterocycles. The molecular weight excluding hydrogens is 481 g/mol. The number of hydrogen-bond donors (Lipinski definition) is 1. The van der Waals surface area contributed by atoms with Crippen LogP contribution in [0.15, 0.2) is 54.1 Å². The second kappa shape index (κ2) is 8.56. The molecule has 9 heteroatoms. The second-order valence-corrected chi connectivity index (χ2v) is 11.5. The molecule has 1 aliphatic carbocycles. The molecule has 0 radical (unpaired) electrons. The summed E-state index contributed by atoms with van der Waals surface area (Å²) in [5, 5.41) is 3.30. The summed E-state index contributed by atoms with van der Waals surface area (Å²) in [5.74, 6) is 1.57. The van der Waals surface area contributed by atoms with Crippen LogP contribution in [0.25, 0.3) is 0 Å². The van der Waals surface area contributed by atoms with Gasteiger partial charge in [0.05, 0.1) is 16.6 Å². The minimum atomic E-state index is -0.413. The number of anilines is 1. The number of carbonyl (C=O) groups excluding carboxylic acids is 1. The lowest BCUT2D eigenvalue weighted by Gasteiger charge is -2.49. The van der Waals surface area contributed by atoms with E-state index in [1.165, 1.54) is 30.1 Å². The highest BCUT2D eigenvalue weighted by molar-refractivity contribution is 6.32. The van der Waals surface area contributed by atoms with E-state index in [-0.39, 0.29) is 27.7 Å². The first-order chi connectivity index (χ1) is 17.2. The summed E-state index contributed by atoms with van der Waals surface area (Å²) in [7, 11) is 0. The van der Waals surface area contributed by atoms with Gasteiger partial charge < -0.3 is 15.0 Å². The number of halogens is 2. The Hall–Kier alpha value is -2.97. The van der Waals surface area contributed by atoms with Crippen LogP contribution in [0.4, 0.5) is 10.2 Å². The summed E-state index contributed by atoms with van der Waals surface area (Å²) in [4.78, 5) is 25.6. The summed E-state index contributed by atoms with van der Waals surface area (Å²) in [6.45, 7) is 8.81. The fraction of sp³-hybridized carbons (Fsp3) is 0.444. The SMILES string of the molecule is CC1(C)C(=O)NC2=CC(CN3CCC4(C3)CN(c3ncncc3Oc3ccc(F)cc3Cl)C4)=CCC21. The molecule has 1 aromatic heterocycles. The van der Waals surface area contributed by atoms with Crippen LogP contribution in [-0.2, 0) is 4.79 Å². The first-order valence-corrected chi connectivity index (χ1v) is 12.7. The number of hydrogen-bond acceptors (Lipinski definition) is 6. The molecular formula is C27H29ClFN5O2. The van der Waals surface area contributed by atoms with Gasteiger partial charge >= 0.3 is 0 Å². The van der Waals surface area contributed by atoms with Crippen molar-refractivity contribution < 1.29 is 13.9 Å². The van der Waals surface area contributed by atoms with Crippen LogP contribution in [-0.4, -0.2) is 53.5 Å². The number of amides is 1. The highest BCUT2D eigenvalue weighted by atomic mass is 35.5. The number of likely N-dealkylation sites (tertiary alicyclic amines) is 1. The Labute approximate surface area is 215 Å². The van der Waals surface area contributed by atoms with E-state index < -0.39 is 5.82 Å². The molecule has 4 heterocycles. The van der Waals surface area contributed by atoms with Crippen molar-refractivity contribution in [3.05, 3.63) is 65.0 Å². The van der Waals surface area contributed by atoms with Crippen molar-refractivity contribution in [3.8, 4) is 11.5 Å². The topological polar surface area (TPSA) is 70.6 Å². The van der Waals surface area contributed by atoms with E-state index in [4.69, 9.17) is 16.3 Å². The quantitative estimate of drug-likeness (QED) is 0.637. The Kier molecular flexibility index (Phi) is 5.57. The third-order valence-corrected chi connectivity index (χ3v) is 8.39. The Morgan fingerprint density at radius 3 is 2.89 bits per heavy atom. The lowest BCUT2D eigenvalue weighted by atomic mass is 9.76. The Morgan fingerprint density at radius 1 is 1.25 bits per heavy atom. The predicted molar refractivity (Wildman–Crippen MR) is 135 cm³/mol. The van der Waals surface area contributed by atoms with E-state index in [0.717, 1.165) is 57.1 Å². The van der Waals surface area contributed by atoms with Gasteiger partial charge in [-0.3, -0.25) is 9.69 Å². The van der Waals surface area contributed by atoms with Crippen LogP contribution in [0.3, 0.4) is 0 Å². The molecule has 3 fully saturated rings. The van der Waals surface area contributed by atoms with Gasteiger partial charge in [0.2, 0.25) is 5.91 Å². The summed E-state index contributed by atoms with van der Waals surface area (Å²) in [6, 6.07) is 4.05. The smallest absolute Gasteiger partial charge is 0.230 e. The van der Waals surface area contributed by atoms with Gasteiger partial charge in [-0.1, -0.05) is 31.5 Å². The molecule has 7 nitrogen and oxygen atoms in total. The van der Waals surface area contributed by atoms with Gasteiger partial charge in [-0.2, -0.15) is 0 Å². The number of aromatic nitrogens is 2. The predicted octanol–water partition coefficient (Wildman–Crippen LogP) is 4.56. The van der Waals surface area contributed by atoms with Crippen LogP contribution in [0.1, 0.15) is 26.7 Å². The molecule has 188 valence electrons. The highest BCUT2D eigenvalue weighted by Gasteiger charge is 2.49. The number of rotatable bonds is 5. The van der Waals surface area contributed by atoms with Crippen molar-refractivity contribution in [2.45, 2.75) is 26.7 Å². The van der Waals surface area contributed by atoms with Gasteiger partial charge in [-0.05, 0) is 49.2 Å². The maximum absolute atomic E-state index is 13.4. The first kappa shape index (κ1) is 23.4. The van der Waals surface area contributed by atoms with Crippen LogP contribution in [0, 0.1) is 22.6 Å². The van der Waals surface area contributed by atoms with Crippen LogP contribution >= 0.6 is 11.6 Å². The Balaban J connectivity index is 1.08. The molecule has 1 atom stereocenters. The molecule has 4 aliphatic rings. The molecule has 1 N–H and O–H groups in total. The number of fused-ring (bicyclic) bond motifs is 1. The number of carbonyl (C=O) groups is 1. The molecule has 1 amide bonds. The highest BCUT2D eigenvalue weighted by Crippen LogP contribution is 2.46. The molecule has 1 aromatic carbocycles. The normalized spacial score (nSPS) is 24.2. The third kappa shape index (κ3) is 4.06. The zero-order chi connectivity index (χ0) is 25.1. The van der Waals surface area contributed by atoms with Gasteiger partial charge in [0, 0.05) is 43.2 Å². The minimum absolute atomic E-state index is 0.123. The van der Waals surface area contributed by atoms with E-state index >= 15 is 0 Å². The van der Waals surface area contributed by atoms with Crippen molar-refractivity contribution in [3.63, 3.8) is 0 Å². The van der Waals surface area contributed by atoms with Gasteiger partial charge in [0.1, 0.15) is 17.9 Å². The molecule has 0 bridgehead atoms. The minimum Gasteiger partial charge on any atom is -0.450 e. The van der Waals surface area contributed by atoms with Gasteiger partial charge in [0.15, 0.2) is 11.6 Å². The number of nitrogens with zero attached hydrogens (tertiary/aromatic N) is 4. The van der Waals surface area contributed by atoms with E-state index in [1.54, 1.807) is 6.20 Å². The van der Waals surface area contributed by atoms with Gasteiger partial charge in [-0.15, -0.1) is 0 Å². The van der Waals surface area contributed by atoms with Crippen LogP contribution in [0.5, 0.6) is 11.5 Å². The molecule has 36 heavy (non-hydrogen) atoms. The van der Waals surface area contributed by atoms with E-state index in [1.807, 2.05) is 13.8 Å². The van der Waals surface area contributed by atoms with Gasteiger partial charge in [-0.25, -0.2) is 14.4 Å². The monoisotopic (exact) mass is 509 g/mol. The average molecular weight is 510 g/mol. The fourth-order valence-corrected chi connectivity index (χ4v) is 6.22. The Morgan fingerprint density at radius 2 is 2.08 bits per heavy atom. The van der Waals surface area contributed by atoms with E-state index in [2.05, 4.69) is 37.2 Å². The number of benzene rings is 1. The molecule has 2 aromatic rings. The number of allylic oxidation sites excluding steroid dienone is 2. The first-order valence-electron chi connectivity index (χ1n) is 12.3. The zero-order valence-electron chi connectivity index (χ0n) is 20.4. The second-order valence-electron chi connectivity index (χ2n) is 11.0. The number of ether oxygens (including phenoxy) is 1. The van der Waals surface area contributed by atoms with Crippen molar-refractivity contribution in [2.75, 3.05) is 37.6 Å². The van der Waals surface area contributed by atoms with Crippen LogP contribution in [0.2, 0.25) is 5.02 Å².